The van der Waals surface area contributed by atoms with Crippen molar-refractivity contribution in [3.63, 3.8) is 0 Å². The summed E-state index contributed by atoms with van der Waals surface area (Å²) in [6.45, 7) is 7.86. The third kappa shape index (κ3) is 4.42. The van der Waals surface area contributed by atoms with E-state index in [1.165, 1.54) is 16.8 Å². The van der Waals surface area contributed by atoms with Crippen LogP contribution in [0.25, 0.3) is 0 Å². The Bertz CT molecular complexity index is 965. The van der Waals surface area contributed by atoms with E-state index < -0.39 is 0 Å². The van der Waals surface area contributed by atoms with Gasteiger partial charge in [-0.2, -0.15) is 4.98 Å². The zero-order valence-corrected chi connectivity index (χ0v) is 17.2. The van der Waals surface area contributed by atoms with Gasteiger partial charge in [-0.25, -0.2) is 4.98 Å². The number of hydrogen-bond acceptors (Lipinski definition) is 6. The highest BCUT2D eigenvalue weighted by atomic mass is 16.5. The molecule has 0 spiro atoms. The quantitative estimate of drug-likeness (QED) is 0.707. The van der Waals surface area contributed by atoms with Gasteiger partial charge in [-0.05, 0) is 55.8 Å². The molecule has 1 fully saturated rings. The van der Waals surface area contributed by atoms with Crippen LogP contribution in [-0.4, -0.2) is 43.3 Å². The van der Waals surface area contributed by atoms with Gasteiger partial charge in [-0.15, -0.1) is 0 Å². The first-order chi connectivity index (χ1) is 14.1. The fraction of sp³-hybridized carbons (Fsp3) is 0.304. The zero-order chi connectivity index (χ0) is 20.2. The van der Waals surface area contributed by atoms with Crippen molar-refractivity contribution in [2.45, 2.75) is 13.8 Å². The van der Waals surface area contributed by atoms with E-state index >= 15 is 0 Å². The average molecular weight is 390 g/mol. The number of hydrogen-bond donors (Lipinski definition) is 1. The lowest BCUT2D eigenvalue weighted by molar-refractivity contribution is 0.415. The molecule has 150 valence electrons. The molecule has 29 heavy (non-hydrogen) atoms. The predicted molar refractivity (Wildman–Crippen MR) is 119 cm³/mol. The predicted octanol–water partition coefficient (Wildman–Crippen LogP) is 4.17. The lowest BCUT2D eigenvalue weighted by Gasteiger charge is -2.36. The van der Waals surface area contributed by atoms with E-state index in [1.54, 1.807) is 7.11 Å². The second-order valence-corrected chi connectivity index (χ2v) is 7.36. The topological polar surface area (TPSA) is 53.5 Å². The molecule has 0 amide bonds. The van der Waals surface area contributed by atoms with Crippen molar-refractivity contribution in [3.05, 3.63) is 65.9 Å². The lowest BCUT2D eigenvalue weighted by atomic mass is 10.1. The maximum atomic E-state index is 5.25. The van der Waals surface area contributed by atoms with Crippen molar-refractivity contribution in [1.82, 2.24) is 9.97 Å². The van der Waals surface area contributed by atoms with Crippen molar-refractivity contribution in [2.24, 2.45) is 0 Å². The summed E-state index contributed by atoms with van der Waals surface area (Å²) in [5, 5.41) is 3.42. The number of anilines is 4. The fourth-order valence-electron chi connectivity index (χ4n) is 3.62. The van der Waals surface area contributed by atoms with Crippen molar-refractivity contribution in [1.29, 1.82) is 0 Å². The highest BCUT2D eigenvalue weighted by Gasteiger charge is 2.19. The highest BCUT2D eigenvalue weighted by molar-refractivity contribution is 5.61. The molecule has 3 aromatic rings. The van der Waals surface area contributed by atoms with Crippen molar-refractivity contribution in [3.8, 4) is 5.75 Å². The lowest BCUT2D eigenvalue weighted by Crippen LogP contribution is -2.47. The van der Waals surface area contributed by atoms with E-state index in [4.69, 9.17) is 9.72 Å². The van der Waals surface area contributed by atoms with Gasteiger partial charge in [0.25, 0.3) is 0 Å². The smallest absolute Gasteiger partial charge is 0.227 e. The molecule has 2 heterocycles. The second kappa shape index (κ2) is 8.39. The van der Waals surface area contributed by atoms with Crippen LogP contribution in [0.3, 0.4) is 0 Å². The molecular weight excluding hydrogens is 362 g/mol. The normalized spacial score (nSPS) is 14.0. The number of nitrogens with one attached hydrogen (secondary N) is 1. The molecule has 0 aliphatic carbocycles. The molecule has 4 rings (SSSR count). The van der Waals surface area contributed by atoms with Crippen LogP contribution in [-0.2, 0) is 0 Å². The maximum Gasteiger partial charge on any atom is 0.227 e. The molecule has 0 radical (unpaired) electrons. The Morgan fingerprint density at radius 3 is 2.31 bits per heavy atom. The van der Waals surface area contributed by atoms with E-state index in [2.05, 4.69) is 64.3 Å². The van der Waals surface area contributed by atoms with E-state index in [1.807, 2.05) is 24.4 Å². The van der Waals surface area contributed by atoms with E-state index in [-0.39, 0.29) is 0 Å². The fourth-order valence-corrected chi connectivity index (χ4v) is 3.62. The number of aromatic nitrogens is 2. The number of rotatable bonds is 5. The number of ether oxygens (including phenoxy) is 1. The number of aryl methyl sites for hydroxylation is 2. The maximum absolute atomic E-state index is 5.25. The van der Waals surface area contributed by atoms with Crippen LogP contribution in [0.4, 0.5) is 23.1 Å². The molecule has 0 bridgehead atoms. The summed E-state index contributed by atoms with van der Waals surface area (Å²) >= 11 is 0. The summed E-state index contributed by atoms with van der Waals surface area (Å²) in [6, 6.07) is 16.5. The summed E-state index contributed by atoms with van der Waals surface area (Å²) in [6.07, 6.45) is 1.82. The summed E-state index contributed by atoms with van der Waals surface area (Å²) in [7, 11) is 1.69. The molecule has 1 aromatic heterocycles. The van der Waals surface area contributed by atoms with Crippen LogP contribution >= 0.6 is 0 Å². The molecular formula is C23H27N5O. The number of benzene rings is 2. The van der Waals surface area contributed by atoms with Crippen molar-refractivity contribution < 1.29 is 4.74 Å². The van der Waals surface area contributed by atoms with E-state index in [0.717, 1.165) is 49.4 Å². The molecule has 0 atom stereocenters. The van der Waals surface area contributed by atoms with E-state index in [9.17, 15) is 0 Å². The number of nitrogens with zero attached hydrogens (tertiary/aromatic N) is 4. The molecule has 6 heteroatoms. The molecule has 0 unspecified atom stereocenters. The number of piperazine rings is 1. The van der Waals surface area contributed by atoms with Crippen molar-refractivity contribution in [2.75, 3.05) is 48.4 Å². The first-order valence-corrected chi connectivity index (χ1v) is 9.93. The molecule has 2 aromatic carbocycles. The van der Waals surface area contributed by atoms with Gasteiger partial charge in [0.15, 0.2) is 0 Å². The van der Waals surface area contributed by atoms with Gasteiger partial charge in [0.2, 0.25) is 5.95 Å². The zero-order valence-electron chi connectivity index (χ0n) is 17.2. The monoisotopic (exact) mass is 389 g/mol. The summed E-state index contributed by atoms with van der Waals surface area (Å²) < 4.78 is 5.25. The van der Waals surface area contributed by atoms with Crippen LogP contribution in [0.1, 0.15) is 11.1 Å². The Balaban J connectivity index is 1.41. The minimum atomic E-state index is 0.772. The number of methoxy groups -OCH3 is 1. The first-order valence-electron chi connectivity index (χ1n) is 9.93. The highest BCUT2D eigenvalue weighted by Crippen LogP contribution is 2.23. The van der Waals surface area contributed by atoms with Gasteiger partial charge in [0.05, 0.1) is 7.11 Å². The minimum absolute atomic E-state index is 0.772. The summed E-state index contributed by atoms with van der Waals surface area (Å²) in [4.78, 5) is 13.9. The molecule has 1 N–H and O–H groups in total. The van der Waals surface area contributed by atoms with Crippen LogP contribution < -0.4 is 19.9 Å². The van der Waals surface area contributed by atoms with Crippen LogP contribution in [0.2, 0.25) is 0 Å². The Hall–Kier alpha value is -3.28. The SMILES string of the molecule is COc1ccc(N2CCN(c3nccc(Nc4ccc(C)cc4C)n3)CC2)cc1. The van der Waals surface area contributed by atoms with Gasteiger partial charge < -0.3 is 19.9 Å². The summed E-state index contributed by atoms with van der Waals surface area (Å²) in [5.41, 5.74) is 4.76. The van der Waals surface area contributed by atoms with Crippen molar-refractivity contribution >= 4 is 23.1 Å². The summed E-state index contributed by atoms with van der Waals surface area (Å²) in [5.74, 6) is 2.47. The molecule has 6 nitrogen and oxygen atoms in total. The van der Waals surface area contributed by atoms with Gasteiger partial charge in [0, 0.05) is 43.8 Å². The average Bonchev–Trinajstić information content (AvgIpc) is 2.76. The van der Waals surface area contributed by atoms with E-state index in [0.29, 0.717) is 0 Å². The molecule has 1 aliphatic heterocycles. The second-order valence-electron chi connectivity index (χ2n) is 7.36. The van der Waals surface area contributed by atoms with Gasteiger partial charge in [-0.1, -0.05) is 17.7 Å². The third-order valence-corrected chi connectivity index (χ3v) is 5.29. The van der Waals surface area contributed by atoms with Crippen LogP contribution in [0, 0.1) is 13.8 Å². The largest absolute Gasteiger partial charge is 0.497 e. The Morgan fingerprint density at radius 1 is 0.897 bits per heavy atom. The standard InChI is InChI=1S/C23H27N5O/c1-17-4-9-21(18(2)16-17)25-22-10-11-24-23(26-22)28-14-12-27(13-15-28)19-5-7-20(29-3)8-6-19/h4-11,16H,12-15H2,1-3H3,(H,24,25,26). The Morgan fingerprint density at radius 2 is 1.62 bits per heavy atom. The molecule has 0 saturated carbocycles. The van der Waals surface area contributed by atoms with Gasteiger partial charge in [-0.3, -0.25) is 0 Å². The Kier molecular flexibility index (Phi) is 5.51. The Labute approximate surface area is 172 Å². The minimum Gasteiger partial charge on any atom is -0.497 e. The van der Waals surface area contributed by atoms with Crippen LogP contribution in [0.15, 0.2) is 54.7 Å². The first kappa shape index (κ1) is 19.1. The third-order valence-electron chi connectivity index (χ3n) is 5.29. The molecule has 1 saturated heterocycles. The van der Waals surface area contributed by atoms with Gasteiger partial charge in [0.1, 0.15) is 11.6 Å². The van der Waals surface area contributed by atoms with Gasteiger partial charge >= 0.3 is 0 Å². The molecule has 1 aliphatic rings. The van der Waals surface area contributed by atoms with Crippen LogP contribution in [0.5, 0.6) is 5.75 Å².